The molecule has 1 amide bonds. The molecule has 136 valence electrons. The topological polar surface area (TPSA) is 92.2 Å². The molecule has 7 heteroatoms. The van der Waals surface area contributed by atoms with E-state index in [1.165, 1.54) is 0 Å². The van der Waals surface area contributed by atoms with Crippen molar-refractivity contribution < 1.29 is 14.1 Å². The lowest BCUT2D eigenvalue weighted by molar-refractivity contribution is 0.0198. The van der Waals surface area contributed by atoms with Gasteiger partial charge < -0.3 is 14.2 Å². The fraction of sp³-hybridized carbons (Fsp3) is 0.474. The van der Waals surface area contributed by atoms with Gasteiger partial charge in [-0.2, -0.15) is 10.2 Å². The average molecular weight is 354 g/mol. The first-order valence-electron chi connectivity index (χ1n) is 8.68. The van der Waals surface area contributed by atoms with Crippen molar-refractivity contribution in [2.45, 2.75) is 45.1 Å². The Labute approximate surface area is 152 Å². The van der Waals surface area contributed by atoms with Crippen LogP contribution in [-0.4, -0.2) is 39.8 Å². The van der Waals surface area contributed by atoms with Gasteiger partial charge in [-0.1, -0.05) is 5.16 Å². The van der Waals surface area contributed by atoms with Crippen LogP contribution < -0.4 is 0 Å². The molecule has 0 aliphatic carbocycles. The minimum absolute atomic E-state index is 0.133. The highest BCUT2D eigenvalue weighted by Gasteiger charge is 2.30. The SMILES string of the molecule is CC(C)(C)OC(=O)N1CCC(c2nc(-c3ccc(C#N)cc3)no2)CC1. The third kappa shape index (κ3) is 4.20. The second-order valence-corrected chi connectivity index (χ2v) is 7.39. The summed E-state index contributed by atoms with van der Waals surface area (Å²) >= 11 is 0. The summed E-state index contributed by atoms with van der Waals surface area (Å²) in [5, 5.41) is 12.9. The predicted molar refractivity (Wildman–Crippen MR) is 94.2 cm³/mol. The summed E-state index contributed by atoms with van der Waals surface area (Å²) in [4.78, 5) is 18.3. The highest BCUT2D eigenvalue weighted by atomic mass is 16.6. The molecule has 1 aromatic carbocycles. The normalized spacial score (nSPS) is 15.5. The fourth-order valence-electron chi connectivity index (χ4n) is 2.85. The first kappa shape index (κ1) is 17.9. The summed E-state index contributed by atoms with van der Waals surface area (Å²) in [7, 11) is 0. The van der Waals surface area contributed by atoms with Gasteiger partial charge in [0.1, 0.15) is 5.60 Å². The molecular weight excluding hydrogens is 332 g/mol. The van der Waals surface area contributed by atoms with E-state index >= 15 is 0 Å². The van der Waals surface area contributed by atoms with Gasteiger partial charge in [0.2, 0.25) is 11.7 Å². The van der Waals surface area contributed by atoms with Crippen molar-refractivity contribution in [2.75, 3.05) is 13.1 Å². The number of benzene rings is 1. The molecule has 1 aliphatic rings. The molecule has 0 saturated carbocycles. The van der Waals surface area contributed by atoms with E-state index in [0.29, 0.717) is 30.4 Å². The number of likely N-dealkylation sites (tertiary alicyclic amines) is 1. The second-order valence-electron chi connectivity index (χ2n) is 7.39. The number of nitriles is 1. The number of carbonyl (C=O) groups is 1. The van der Waals surface area contributed by atoms with E-state index in [9.17, 15) is 4.79 Å². The summed E-state index contributed by atoms with van der Waals surface area (Å²) in [6.07, 6.45) is 1.24. The lowest BCUT2D eigenvalue weighted by Crippen LogP contribution is -2.41. The zero-order valence-electron chi connectivity index (χ0n) is 15.2. The van der Waals surface area contributed by atoms with Gasteiger partial charge in [-0.3, -0.25) is 0 Å². The third-order valence-corrected chi connectivity index (χ3v) is 4.21. The highest BCUT2D eigenvalue weighted by molar-refractivity contribution is 5.68. The van der Waals surface area contributed by atoms with Gasteiger partial charge in [-0.25, -0.2) is 4.79 Å². The van der Waals surface area contributed by atoms with Gasteiger partial charge in [0.05, 0.1) is 11.6 Å². The van der Waals surface area contributed by atoms with E-state index in [0.717, 1.165) is 18.4 Å². The molecule has 0 unspecified atom stereocenters. The quantitative estimate of drug-likeness (QED) is 0.816. The van der Waals surface area contributed by atoms with Gasteiger partial charge in [0.25, 0.3) is 0 Å². The number of nitrogens with zero attached hydrogens (tertiary/aromatic N) is 4. The van der Waals surface area contributed by atoms with Crippen LogP contribution in [0.1, 0.15) is 51.0 Å². The summed E-state index contributed by atoms with van der Waals surface area (Å²) < 4.78 is 10.8. The van der Waals surface area contributed by atoms with Crippen molar-refractivity contribution in [1.29, 1.82) is 5.26 Å². The van der Waals surface area contributed by atoms with Crippen LogP contribution in [0, 0.1) is 11.3 Å². The van der Waals surface area contributed by atoms with Crippen molar-refractivity contribution in [3.05, 3.63) is 35.7 Å². The van der Waals surface area contributed by atoms with Crippen molar-refractivity contribution >= 4 is 6.09 Å². The zero-order chi connectivity index (χ0) is 18.7. The second kappa shape index (κ2) is 7.16. The van der Waals surface area contributed by atoms with Crippen molar-refractivity contribution in [3.8, 4) is 17.5 Å². The maximum absolute atomic E-state index is 12.1. The lowest BCUT2D eigenvalue weighted by Gasteiger charge is -2.32. The van der Waals surface area contributed by atoms with Crippen LogP contribution in [0.4, 0.5) is 4.79 Å². The molecule has 0 radical (unpaired) electrons. The number of hydrogen-bond donors (Lipinski definition) is 0. The highest BCUT2D eigenvalue weighted by Crippen LogP contribution is 2.29. The van der Waals surface area contributed by atoms with Crippen molar-refractivity contribution in [2.24, 2.45) is 0 Å². The predicted octanol–water partition coefficient (Wildman–Crippen LogP) is 3.72. The summed E-state index contributed by atoms with van der Waals surface area (Å²) in [5.74, 6) is 1.24. The number of rotatable bonds is 2. The van der Waals surface area contributed by atoms with Crippen LogP contribution in [0.2, 0.25) is 0 Å². The Morgan fingerprint density at radius 2 is 1.92 bits per heavy atom. The Kier molecular flexibility index (Phi) is 4.94. The lowest BCUT2D eigenvalue weighted by atomic mass is 9.97. The largest absolute Gasteiger partial charge is 0.444 e. The molecule has 7 nitrogen and oxygen atoms in total. The third-order valence-electron chi connectivity index (χ3n) is 4.21. The van der Waals surface area contributed by atoms with E-state index in [-0.39, 0.29) is 12.0 Å². The maximum Gasteiger partial charge on any atom is 0.410 e. The van der Waals surface area contributed by atoms with E-state index in [4.69, 9.17) is 14.5 Å². The number of carbonyl (C=O) groups excluding carboxylic acids is 1. The first-order chi connectivity index (χ1) is 12.4. The smallest absolute Gasteiger partial charge is 0.410 e. The fourth-order valence-corrected chi connectivity index (χ4v) is 2.85. The Morgan fingerprint density at radius 3 is 2.50 bits per heavy atom. The molecule has 1 aromatic heterocycles. The van der Waals surface area contributed by atoms with Crippen LogP contribution >= 0.6 is 0 Å². The van der Waals surface area contributed by atoms with E-state index in [2.05, 4.69) is 16.2 Å². The molecule has 0 bridgehead atoms. The van der Waals surface area contributed by atoms with Crippen molar-refractivity contribution in [1.82, 2.24) is 15.0 Å². The molecule has 0 N–H and O–H groups in total. The standard InChI is InChI=1S/C19H22N4O3/c1-19(2,3)25-18(24)23-10-8-15(9-11-23)17-21-16(22-26-17)14-6-4-13(12-20)5-7-14/h4-7,15H,8-11H2,1-3H3. The van der Waals surface area contributed by atoms with Gasteiger partial charge in [0.15, 0.2) is 0 Å². The number of ether oxygens (including phenoxy) is 1. The Bertz CT molecular complexity index is 807. The van der Waals surface area contributed by atoms with Gasteiger partial charge >= 0.3 is 6.09 Å². The number of aromatic nitrogens is 2. The molecular formula is C19H22N4O3. The molecule has 1 fully saturated rings. The number of piperidine rings is 1. The minimum atomic E-state index is -0.490. The van der Waals surface area contributed by atoms with Crippen LogP contribution in [-0.2, 0) is 4.74 Å². The summed E-state index contributed by atoms with van der Waals surface area (Å²) in [6.45, 7) is 6.80. The van der Waals surface area contributed by atoms with Gasteiger partial charge in [-0.15, -0.1) is 0 Å². The van der Waals surface area contributed by atoms with E-state index in [1.807, 2.05) is 20.8 Å². The van der Waals surface area contributed by atoms with Gasteiger partial charge in [0, 0.05) is 24.6 Å². The van der Waals surface area contributed by atoms with E-state index in [1.54, 1.807) is 29.2 Å². The Balaban J connectivity index is 1.61. The Hall–Kier alpha value is -2.88. The van der Waals surface area contributed by atoms with Crippen LogP contribution in [0.5, 0.6) is 0 Å². The van der Waals surface area contributed by atoms with Crippen LogP contribution in [0.25, 0.3) is 11.4 Å². The zero-order valence-corrected chi connectivity index (χ0v) is 15.2. The maximum atomic E-state index is 12.1. The summed E-state index contributed by atoms with van der Waals surface area (Å²) in [6, 6.07) is 9.14. The van der Waals surface area contributed by atoms with E-state index < -0.39 is 5.60 Å². The summed E-state index contributed by atoms with van der Waals surface area (Å²) in [5.41, 5.74) is 0.910. The molecule has 1 aliphatic heterocycles. The minimum Gasteiger partial charge on any atom is -0.444 e. The van der Waals surface area contributed by atoms with Crippen molar-refractivity contribution in [3.63, 3.8) is 0 Å². The molecule has 0 spiro atoms. The average Bonchev–Trinajstić information content (AvgIpc) is 3.10. The number of amides is 1. The molecule has 2 heterocycles. The molecule has 3 rings (SSSR count). The molecule has 1 saturated heterocycles. The molecule has 26 heavy (non-hydrogen) atoms. The number of hydrogen-bond acceptors (Lipinski definition) is 6. The van der Waals surface area contributed by atoms with Crippen LogP contribution in [0.3, 0.4) is 0 Å². The first-order valence-corrected chi connectivity index (χ1v) is 8.68. The van der Waals surface area contributed by atoms with Gasteiger partial charge in [-0.05, 0) is 57.9 Å². The molecule has 2 aromatic rings. The monoisotopic (exact) mass is 354 g/mol. The molecule has 0 atom stereocenters. The van der Waals surface area contributed by atoms with Crippen LogP contribution in [0.15, 0.2) is 28.8 Å². The Morgan fingerprint density at radius 1 is 1.27 bits per heavy atom.